The Kier molecular flexibility index (Phi) is 6.69. The van der Waals surface area contributed by atoms with Crippen LogP contribution in [0.5, 0.6) is 0 Å². The number of ketones is 1. The lowest BCUT2D eigenvalue weighted by molar-refractivity contribution is -0.130. The number of anilines is 3. The van der Waals surface area contributed by atoms with E-state index in [1.807, 2.05) is 35.1 Å². The molecule has 0 saturated heterocycles. The summed E-state index contributed by atoms with van der Waals surface area (Å²) in [6, 6.07) is 9.50. The van der Waals surface area contributed by atoms with Gasteiger partial charge in [0, 0.05) is 80.2 Å². The Balaban J connectivity index is 1.21. The molecule has 0 bridgehead atoms. The van der Waals surface area contributed by atoms with Gasteiger partial charge in [-0.2, -0.15) is 5.10 Å². The molecule has 1 aromatic carbocycles. The molecule has 11 heteroatoms. The number of aryl methyl sites for hydroxylation is 1. The molecule has 1 aliphatic carbocycles. The van der Waals surface area contributed by atoms with Crippen molar-refractivity contribution in [1.29, 1.82) is 0 Å². The number of aromatic nitrogens is 3. The number of benzene rings is 1. The van der Waals surface area contributed by atoms with Gasteiger partial charge in [-0.15, -0.1) is 0 Å². The van der Waals surface area contributed by atoms with E-state index in [0.29, 0.717) is 37.7 Å². The summed E-state index contributed by atoms with van der Waals surface area (Å²) in [4.78, 5) is 44.3. The lowest BCUT2D eigenvalue weighted by Crippen LogP contribution is -2.37. The van der Waals surface area contributed by atoms with Gasteiger partial charge in [0.05, 0.1) is 25.4 Å². The normalized spacial score (nSPS) is 18.0. The van der Waals surface area contributed by atoms with Gasteiger partial charge in [-0.1, -0.05) is 12.1 Å². The largest absolute Gasteiger partial charge is 0.392 e. The van der Waals surface area contributed by atoms with Crippen molar-refractivity contribution < 1.29 is 14.7 Å². The summed E-state index contributed by atoms with van der Waals surface area (Å²) >= 11 is 0. The highest BCUT2D eigenvalue weighted by Crippen LogP contribution is 2.41. The zero-order valence-electron chi connectivity index (χ0n) is 24.5. The fourth-order valence-electron chi connectivity index (χ4n) is 6.81. The fraction of sp³-hybridized carbons (Fsp3) is 0.375. The van der Waals surface area contributed by atoms with Crippen LogP contribution in [0.3, 0.4) is 0 Å². The summed E-state index contributed by atoms with van der Waals surface area (Å²) in [5.74, 6) is 0.687. The van der Waals surface area contributed by atoms with Crippen molar-refractivity contribution in [2.75, 3.05) is 29.9 Å². The molecular weight excluding hydrogens is 546 g/mol. The van der Waals surface area contributed by atoms with E-state index >= 15 is 0 Å². The molecule has 0 spiro atoms. The highest BCUT2D eigenvalue weighted by atomic mass is 16.3. The average molecular weight is 582 g/mol. The molecule has 2 aromatic heterocycles. The predicted octanol–water partition coefficient (Wildman–Crippen LogP) is 3.22. The molecule has 3 aromatic rings. The van der Waals surface area contributed by atoms with Gasteiger partial charge in [0.1, 0.15) is 11.4 Å². The van der Waals surface area contributed by atoms with Crippen molar-refractivity contribution in [3.63, 3.8) is 0 Å². The molecule has 4 aliphatic rings. The van der Waals surface area contributed by atoms with Crippen LogP contribution in [0.2, 0.25) is 0 Å². The summed E-state index contributed by atoms with van der Waals surface area (Å²) < 4.78 is 3.38. The number of Topliss-reactive ketones (excluding diaryl/α,β-unsaturated/α-hetero) is 1. The van der Waals surface area contributed by atoms with E-state index in [2.05, 4.69) is 20.2 Å². The first-order valence-corrected chi connectivity index (χ1v) is 14.9. The molecule has 0 radical (unpaired) electrons. The number of nitrogens with zero attached hydrogens (tertiary/aromatic N) is 6. The first-order valence-electron chi connectivity index (χ1n) is 14.9. The van der Waals surface area contributed by atoms with Gasteiger partial charge >= 0.3 is 0 Å². The third-order valence-electron chi connectivity index (χ3n) is 9.02. The third kappa shape index (κ3) is 4.64. The SMILES string of the molecule is CC(=O)N1CCn2nc(Nc3cc(-c4cccc(N5C=C6C(=O)C7=C(CCCC7)N6CC5)c4CO)cn(C)c3=O)cc2C1. The molecule has 43 heavy (non-hydrogen) atoms. The highest BCUT2D eigenvalue weighted by molar-refractivity contribution is 6.11. The van der Waals surface area contributed by atoms with Gasteiger partial charge in [0.25, 0.3) is 5.56 Å². The third-order valence-corrected chi connectivity index (χ3v) is 9.02. The summed E-state index contributed by atoms with van der Waals surface area (Å²) in [6.07, 6.45) is 7.68. The number of hydrogen-bond donors (Lipinski definition) is 2. The molecule has 0 fully saturated rings. The van der Waals surface area contributed by atoms with Gasteiger partial charge in [0.15, 0.2) is 5.82 Å². The molecule has 222 valence electrons. The zero-order valence-corrected chi connectivity index (χ0v) is 24.5. The Bertz CT molecular complexity index is 1780. The number of pyridine rings is 1. The van der Waals surface area contributed by atoms with Crippen LogP contribution in [0.15, 0.2) is 64.5 Å². The Morgan fingerprint density at radius 2 is 1.91 bits per heavy atom. The molecule has 11 nitrogen and oxygen atoms in total. The maximum atomic E-state index is 13.3. The summed E-state index contributed by atoms with van der Waals surface area (Å²) in [7, 11) is 1.70. The van der Waals surface area contributed by atoms with Gasteiger partial charge in [-0.25, -0.2) is 0 Å². The number of fused-ring (bicyclic) bond motifs is 3. The highest BCUT2D eigenvalue weighted by Gasteiger charge is 2.38. The van der Waals surface area contributed by atoms with Gasteiger partial charge in [0.2, 0.25) is 11.7 Å². The van der Waals surface area contributed by atoms with Crippen LogP contribution < -0.4 is 15.8 Å². The van der Waals surface area contributed by atoms with E-state index in [4.69, 9.17) is 0 Å². The van der Waals surface area contributed by atoms with E-state index in [0.717, 1.165) is 71.6 Å². The van der Waals surface area contributed by atoms with Crippen molar-refractivity contribution >= 4 is 28.9 Å². The van der Waals surface area contributed by atoms with Crippen molar-refractivity contribution in [3.8, 4) is 11.1 Å². The molecule has 3 aliphatic heterocycles. The number of carbonyl (C=O) groups is 2. The van der Waals surface area contributed by atoms with Crippen LogP contribution >= 0.6 is 0 Å². The lowest BCUT2D eigenvalue weighted by Gasteiger charge is -2.35. The monoisotopic (exact) mass is 581 g/mol. The standard InChI is InChI=1S/C32H35N7O4/c1-20(41)36-11-13-39-22(17-36)15-30(34-39)33-26-14-21(16-35(2)32(26)43)23-7-5-9-27(25(23)19-40)37-10-12-38-28-8-4-3-6-24(28)31(42)29(38)18-37/h5,7,9,14-16,18,40H,3-4,6,8,10-13,17,19H2,1-2H3,(H,33,34). The van der Waals surface area contributed by atoms with E-state index in [-0.39, 0.29) is 23.9 Å². The second kappa shape index (κ2) is 10.6. The van der Waals surface area contributed by atoms with Crippen LogP contribution in [0, 0.1) is 0 Å². The molecule has 1 amide bonds. The molecule has 0 saturated carbocycles. The molecule has 5 heterocycles. The number of aliphatic hydroxyl groups excluding tert-OH is 1. The number of hydrogen-bond acceptors (Lipinski definition) is 8. The first-order chi connectivity index (χ1) is 20.8. The smallest absolute Gasteiger partial charge is 0.274 e. The Labute approximate surface area is 249 Å². The quantitative estimate of drug-likeness (QED) is 0.472. The Morgan fingerprint density at radius 1 is 1.07 bits per heavy atom. The van der Waals surface area contributed by atoms with Gasteiger partial charge in [-0.3, -0.25) is 19.1 Å². The second-order valence-electron chi connectivity index (χ2n) is 11.7. The van der Waals surface area contributed by atoms with E-state index in [1.54, 1.807) is 31.1 Å². The van der Waals surface area contributed by atoms with Crippen LogP contribution in [0.4, 0.5) is 17.2 Å². The number of carbonyl (C=O) groups excluding carboxylic acids is 2. The fourth-order valence-corrected chi connectivity index (χ4v) is 6.81. The van der Waals surface area contributed by atoms with Crippen LogP contribution in [0.1, 0.15) is 43.9 Å². The number of rotatable bonds is 5. The number of allylic oxidation sites excluding steroid dienone is 2. The first kappa shape index (κ1) is 27.2. The Morgan fingerprint density at radius 3 is 2.72 bits per heavy atom. The zero-order chi connectivity index (χ0) is 29.8. The van der Waals surface area contributed by atoms with Crippen LogP contribution in [-0.4, -0.2) is 60.6 Å². The molecule has 0 atom stereocenters. The molecule has 7 rings (SSSR count). The van der Waals surface area contributed by atoms with E-state index in [9.17, 15) is 19.5 Å². The van der Waals surface area contributed by atoms with Gasteiger partial charge < -0.3 is 29.7 Å². The van der Waals surface area contributed by atoms with Crippen molar-refractivity contribution in [3.05, 3.63) is 81.3 Å². The van der Waals surface area contributed by atoms with E-state index < -0.39 is 0 Å². The summed E-state index contributed by atoms with van der Waals surface area (Å²) in [5.41, 5.74) is 7.06. The summed E-state index contributed by atoms with van der Waals surface area (Å²) in [5, 5.41) is 18.4. The molecule has 0 unspecified atom stereocenters. The molecule has 2 N–H and O–H groups in total. The van der Waals surface area contributed by atoms with Crippen LogP contribution in [0.25, 0.3) is 11.1 Å². The number of aliphatic hydroxyl groups is 1. The molecular formula is C32H35N7O4. The predicted molar refractivity (Wildman–Crippen MR) is 162 cm³/mol. The maximum Gasteiger partial charge on any atom is 0.274 e. The Hall–Kier alpha value is -4.64. The van der Waals surface area contributed by atoms with Gasteiger partial charge in [-0.05, 0) is 43.4 Å². The van der Waals surface area contributed by atoms with E-state index in [1.165, 1.54) is 10.3 Å². The van der Waals surface area contributed by atoms with Crippen molar-refractivity contribution in [2.24, 2.45) is 7.05 Å². The van der Waals surface area contributed by atoms with Crippen molar-refractivity contribution in [2.45, 2.75) is 52.3 Å². The minimum Gasteiger partial charge on any atom is -0.392 e. The number of amides is 1. The maximum absolute atomic E-state index is 13.3. The lowest BCUT2D eigenvalue weighted by atomic mass is 9.96. The average Bonchev–Trinajstić information content (AvgIpc) is 3.56. The number of nitrogens with one attached hydrogen (secondary N) is 1. The topological polar surface area (TPSA) is 116 Å². The van der Waals surface area contributed by atoms with Crippen LogP contribution in [-0.2, 0) is 36.3 Å². The summed E-state index contributed by atoms with van der Waals surface area (Å²) in [6.45, 7) is 4.43. The van der Waals surface area contributed by atoms with Crippen molar-refractivity contribution in [1.82, 2.24) is 24.1 Å². The minimum atomic E-state index is -0.209. The second-order valence-corrected chi connectivity index (χ2v) is 11.7. The minimum absolute atomic E-state index is 0.0224.